The second-order valence-electron chi connectivity index (χ2n) is 4.51. The number of hydrogen-bond acceptors (Lipinski definition) is 2. The van der Waals surface area contributed by atoms with Gasteiger partial charge >= 0.3 is 0 Å². The SMILES string of the molecule is COc1ccc(C(C)(C)F)cc1C(C)CO. The number of rotatable bonds is 4. The lowest BCUT2D eigenvalue weighted by atomic mass is 9.93. The molecule has 0 aliphatic heterocycles. The fourth-order valence-corrected chi connectivity index (χ4v) is 1.59. The van der Waals surface area contributed by atoms with Gasteiger partial charge in [0.25, 0.3) is 0 Å². The average molecular weight is 226 g/mol. The highest BCUT2D eigenvalue weighted by Crippen LogP contribution is 2.32. The fourth-order valence-electron chi connectivity index (χ4n) is 1.59. The van der Waals surface area contributed by atoms with Gasteiger partial charge in [-0.3, -0.25) is 0 Å². The zero-order chi connectivity index (χ0) is 12.3. The van der Waals surface area contributed by atoms with Gasteiger partial charge < -0.3 is 9.84 Å². The van der Waals surface area contributed by atoms with Crippen molar-refractivity contribution in [3.05, 3.63) is 29.3 Å². The number of aliphatic hydroxyl groups is 1. The molecule has 16 heavy (non-hydrogen) atoms. The van der Waals surface area contributed by atoms with Crippen LogP contribution in [0.2, 0.25) is 0 Å². The minimum atomic E-state index is -1.38. The topological polar surface area (TPSA) is 29.5 Å². The zero-order valence-corrected chi connectivity index (χ0v) is 10.2. The van der Waals surface area contributed by atoms with Gasteiger partial charge in [0.05, 0.1) is 7.11 Å². The maximum atomic E-state index is 13.8. The minimum Gasteiger partial charge on any atom is -0.496 e. The second kappa shape index (κ2) is 4.83. The van der Waals surface area contributed by atoms with Gasteiger partial charge in [-0.15, -0.1) is 0 Å². The van der Waals surface area contributed by atoms with E-state index in [4.69, 9.17) is 9.84 Å². The van der Waals surface area contributed by atoms with Gasteiger partial charge in [-0.25, -0.2) is 4.39 Å². The van der Waals surface area contributed by atoms with Crippen molar-refractivity contribution in [3.63, 3.8) is 0 Å². The summed E-state index contributed by atoms with van der Waals surface area (Å²) in [5.41, 5.74) is 0.0627. The molecule has 0 aromatic heterocycles. The van der Waals surface area contributed by atoms with Crippen molar-refractivity contribution in [2.24, 2.45) is 0 Å². The van der Waals surface area contributed by atoms with Crippen molar-refractivity contribution in [1.82, 2.24) is 0 Å². The number of hydrogen-bond donors (Lipinski definition) is 1. The molecule has 0 fully saturated rings. The summed E-state index contributed by atoms with van der Waals surface area (Å²) < 4.78 is 19.0. The predicted molar refractivity (Wildman–Crippen MR) is 62.6 cm³/mol. The lowest BCUT2D eigenvalue weighted by molar-refractivity contribution is 0.220. The lowest BCUT2D eigenvalue weighted by Gasteiger charge is -2.19. The first-order chi connectivity index (χ1) is 7.40. The van der Waals surface area contributed by atoms with E-state index in [1.807, 2.05) is 6.92 Å². The molecular formula is C13H19FO2. The Hall–Kier alpha value is -1.09. The number of aliphatic hydroxyl groups excluding tert-OH is 1. The Morgan fingerprint density at radius 1 is 1.44 bits per heavy atom. The second-order valence-corrected chi connectivity index (χ2v) is 4.51. The molecule has 0 heterocycles. The van der Waals surface area contributed by atoms with Gasteiger partial charge in [0.2, 0.25) is 0 Å². The van der Waals surface area contributed by atoms with Crippen LogP contribution in [0.25, 0.3) is 0 Å². The number of benzene rings is 1. The third kappa shape index (κ3) is 2.73. The molecular weight excluding hydrogens is 207 g/mol. The van der Waals surface area contributed by atoms with Crippen LogP contribution in [-0.4, -0.2) is 18.8 Å². The van der Waals surface area contributed by atoms with Crippen LogP contribution in [0.3, 0.4) is 0 Å². The van der Waals surface area contributed by atoms with Crippen molar-refractivity contribution >= 4 is 0 Å². The number of alkyl halides is 1. The molecule has 1 unspecified atom stereocenters. The third-order valence-electron chi connectivity index (χ3n) is 2.72. The highest BCUT2D eigenvalue weighted by molar-refractivity contribution is 5.41. The molecule has 0 saturated heterocycles. The summed E-state index contributed by atoms with van der Waals surface area (Å²) in [7, 11) is 1.57. The van der Waals surface area contributed by atoms with E-state index in [1.54, 1.807) is 25.3 Å². The molecule has 0 bridgehead atoms. The van der Waals surface area contributed by atoms with Crippen molar-refractivity contribution in [1.29, 1.82) is 0 Å². The molecule has 0 spiro atoms. The van der Waals surface area contributed by atoms with E-state index in [-0.39, 0.29) is 12.5 Å². The normalized spacial score (nSPS) is 13.6. The van der Waals surface area contributed by atoms with Gasteiger partial charge in [-0.1, -0.05) is 13.0 Å². The van der Waals surface area contributed by atoms with Crippen molar-refractivity contribution < 1.29 is 14.2 Å². The van der Waals surface area contributed by atoms with E-state index in [1.165, 1.54) is 13.8 Å². The molecule has 3 heteroatoms. The molecule has 0 aliphatic carbocycles. The van der Waals surface area contributed by atoms with Crippen LogP contribution in [-0.2, 0) is 5.67 Å². The van der Waals surface area contributed by atoms with Crippen molar-refractivity contribution in [3.8, 4) is 5.75 Å². The lowest BCUT2D eigenvalue weighted by Crippen LogP contribution is -2.11. The summed E-state index contributed by atoms with van der Waals surface area (Å²) in [4.78, 5) is 0. The Morgan fingerprint density at radius 3 is 2.50 bits per heavy atom. The van der Waals surface area contributed by atoms with E-state index in [9.17, 15) is 4.39 Å². The summed E-state index contributed by atoms with van der Waals surface area (Å²) in [6, 6.07) is 5.23. The van der Waals surface area contributed by atoms with Gasteiger partial charge in [-0.05, 0) is 37.1 Å². The molecule has 1 aromatic carbocycles. The number of methoxy groups -OCH3 is 1. The van der Waals surface area contributed by atoms with Crippen LogP contribution in [0.1, 0.15) is 37.8 Å². The monoisotopic (exact) mass is 226 g/mol. The van der Waals surface area contributed by atoms with E-state index in [0.717, 1.165) is 5.56 Å². The Bertz CT molecular complexity index is 355. The molecule has 2 nitrogen and oxygen atoms in total. The molecule has 0 aliphatic rings. The smallest absolute Gasteiger partial charge is 0.130 e. The maximum absolute atomic E-state index is 13.8. The summed E-state index contributed by atoms with van der Waals surface area (Å²) in [6.07, 6.45) is 0. The van der Waals surface area contributed by atoms with E-state index >= 15 is 0 Å². The first-order valence-corrected chi connectivity index (χ1v) is 5.38. The predicted octanol–water partition coefficient (Wildman–Crippen LogP) is 3.00. The van der Waals surface area contributed by atoms with Crippen LogP contribution >= 0.6 is 0 Å². The Balaban J connectivity index is 3.21. The van der Waals surface area contributed by atoms with Crippen LogP contribution in [0, 0.1) is 0 Å². The summed E-state index contributed by atoms with van der Waals surface area (Å²) in [5, 5.41) is 9.15. The highest BCUT2D eigenvalue weighted by atomic mass is 19.1. The standard InChI is InChI=1S/C13H19FO2/c1-9(8-15)11-7-10(13(2,3)14)5-6-12(11)16-4/h5-7,9,15H,8H2,1-4H3. The highest BCUT2D eigenvalue weighted by Gasteiger charge is 2.21. The molecule has 1 aromatic rings. The van der Waals surface area contributed by atoms with Gasteiger partial charge in [0.1, 0.15) is 11.4 Å². The quantitative estimate of drug-likeness (QED) is 0.855. The summed E-state index contributed by atoms with van der Waals surface area (Å²) in [5.74, 6) is 0.631. The summed E-state index contributed by atoms with van der Waals surface area (Å²) in [6.45, 7) is 4.93. The van der Waals surface area contributed by atoms with E-state index in [0.29, 0.717) is 11.3 Å². The first-order valence-electron chi connectivity index (χ1n) is 5.38. The number of ether oxygens (including phenoxy) is 1. The molecule has 1 N–H and O–H groups in total. The fraction of sp³-hybridized carbons (Fsp3) is 0.538. The number of halogens is 1. The van der Waals surface area contributed by atoms with Crippen molar-refractivity contribution in [2.45, 2.75) is 32.4 Å². The van der Waals surface area contributed by atoms with Gasteiger partial charge in [-0.2, -0.15) is 0 Å². The van der Waals surface area contributed by atoms with E-state index in [2.05, 4.69) is 0 Å². The minimum absolute atomic E-state index is 0.0204. The Morgan fingerprint density at radius 2 is 2.06 bits per heavy atom. The van der Waals surface area contributed by atoms with Crippen LogP contribution in [0.5, 0.6) is 5.75 Å². The molecule has 0 radical (unpaired) electrons. The van der Waals surface area contributed by atoms with Crippen LogP contribution in [0.15, 0.2) is 18.2 Å². The Labute approximate surface area is 96.1 Å². The Kier molecular flexibility index (Phi) is 3.92. The zero-order valence-electron chi connectivity index (χ0n) is 10.2. The largest absolute Gasteiger partial charge is 0.496 e. The molecule has 1 rings (SSSR count). The average Bonchev–Trinajstić information content (AvgIpc) is 2.25. The summed E-state index contributed by atoms with van der Waals surface area (Å²) >= 11 is 0. The molecule has 0 saturated carbocycles. The molecule has 1 atom stereocenters. The molecule has 90 valence electrons. The van der Waals surface area contributed by atoms with Crippen molar-refractivity contribution in [2.75, 3.05) is 13.7 Å². The first kappa shape index (κ1) is 13.0. The van der Waals surface area contributed by atoms with Gasteiger partial charge in [0, 0.05) is 12.5 Å². The van der Waals surface area contributed by atoms with Gasteiger partial charge in [0.15, 0.2) is 0 Å². The third-order valence-corrected chi connectivity index (χ3v) is 2.72. The van der Waals surface area contributed by atoms with E-state index < -0.39 is 5.67 Å². The van der Waals surface area contributed by atoms with Crippen LogP contribution < -0.4 is 4.74 Å². The molecule has 0 amide bonds. The van der Waals surface area contributed by atoms with Crippen LogP contribution in [0.4, 0.5) is 4.39 Å². The maximum Gasteiger partial charge on any atom is 0.130 e.